The summed E-state index contributed by atoms with van der Waals surface area (Å²) in [6.07, 6.45) is 8.34. The molecule has 1 saturated carbocycles. The minimum atomic E-state index is -0.207. The number of ketones is 1. The molecule has 3 aliphatic rings. The van der Waals surface area contributed by atoms with Crippen molar-refractivity contribution in [1.29, 1.82) is 0 Å². The summed E-state index contributed by atoms with van der Waals surface area (Å²) < 4.78 is 0. The molecule has 0 N–H and O–H groups in total. The molecule has 0 spiro atoms. The fraction of sp³-hybridized carbons (Fsp3) is 0.208. The zero-order valence-electron chi connectivity index (χ0n) is 15.2. The highest BCUT2D eigenvalue weighted by atomic mass is 16.2. The van der Waals surface area contributed by atoms with E-state index >= 15 is 0 Å². The molecule has 0 radical (unpaired) electrons. The number of nitrogens with zero attached hydrogens (tertiary/aromatic N) is 1. The lowest BCUT2D eigenvalue weighted by atomic mass is 9.85. The van der Waals surface area contributed by atoms with Gasteiger partial charge in [0.25, 0.3) is 0 Å². The average Bonchev–Trinajstić information content (AvgIpc) is 3.41. The highest BCUT2D eigenvalue weighted by Gasteiger charge is 2.59. The molecule has 5 rings (SSSR count). The zero-order valence-corrected chi connectivity index (χ0v) is 15.2. The molecular weight excluding hydrogens is 350 g/mol. The van der Waals surface area contributed by atoms with Gasteiger partial charge in [0.1, 0.15) is 0 Å². The van der Waals surface area contributed by atoms with Gasteiger partial charge in [0.2, 0.25) is 11.8 Å². The van der Waals surface area contributed by atoms with Crippen LogP contribution in [0.15, 0.2) is 72.8 Å². The van der Waals surface area contributed by atoms with E-state index in [9.17, 15) is 14.4 Å². The van der Waals surface area contributed by atoms with Crippen LogP contribution >= 0.6 is 0 Å². The standard InChI is InChI=1S/C24H19NO3/c26-20(16-6-2-1-3-7-16)12-9-15-5-4-8-19(13-15)25-23(27)21-17-10-11-18(14-17)22(21)24(25)28/h1-13,17-18,21-22H,14H2/b12-9-/t17-,18-,21-,22-/m0/s1. The van der Waals surface area contributed by atoms with E-state index in [1.54, 1.807) is 30.3 Å². The highest BCUT2D eigenvalue weighted by Crippen LogP contribution is 2.53. The van der Waals surface area contributed by atoms with E-state index in [1.165, 1.54) is 11.0 Å². The minimum Gasteiger partial charge on any atom is -0.289 e. The number of fused-ring (bicyclic) bond motifs is 5. The van der Waals surface area contributed by atoms with Crippen molar-refractivity contribution in [2.75, 3.05) is 4.90 Å². The fourth-order valence-corrected chi connectivity index (χ4v) is 4.79. The number of imide groups is 1. The van der Waals surface area contributed by atoms with E-state index < -0.39 is 0 Å². The predicted octanol–water partition coefficient (Wildman–Crippen LogP) is 3.89. The normalized spacial score (nSPS) is 27.8. The molecule has 1 heterocycles. The van der Waals surface area contributed by atoms with Crippen molar-refractivity contribution in [1.82, 2.24) is 0 Å². The first-order chi connectivity index (χ1) is 13.6. The minimum absolute atomic E-state index is 0.0866. The van der Waals surface area contributed by atoms with Crippen LogP contribution in [0.2, 0.25) is 0 Å². The number of rotatable bonds is 4. The van der Waals surface area contributed by atoms with Crippen molar-refractivity contribution < 1.29 is 14.4 Å². The summed E-state index contributed by atoms with van der Waals surface area (Å²) in [5, 5.41) is 0. The lowest BCUT2D eigenvalue weighted by molar-refractivity contribution is -0.123. The second kappa shape index (κ2) is 6.41. The Kier molecular flexibility index (Phi) is 3.86. The Bertz CT molecular complexity index is 1010. The van der Waals surface area contributed by atoms with Crippen LogP contribution in [-0.4, -0.2) is 17.6 Å². The molecule has 2 aromatic carbocycles. The molecule has 2 amide bonds. The summed E-state index contributed by atoms with van der Waals surface area (Å²) >= 11 is 0. The number of amides is 2. The molecule has 2 aliphatic carbocycles. The Hall–Kier alpha value is -3.27. The second-order valence-corrected chi connectivity index (χ2v) is 7.67. The van der Waals surface area contributed by atoms with Crippen LogP contribution in [0.5, 0.6) is 0 Å². The third-order valence-corrected chi connectivity index (χ3v) is 6.08. The van der Waals surface area contributed by atoms with E-state index in [4.69, 9.17) is 0 Å². The fourth-order valence-electron chi connectivity index (χ4n) is 4.79. The van der Waals surface area contributed by atoms with Crippen LogP contribution < -0.4 is 4.90 Å². The van der Waals surface area contributed by atoms with Gasteiger partial charge < -0.3 is 0 Å². The lowest BCUT2D eigenvalue weighted by Gasteiger charge is -2.17. The molecule has 0 unspecified atom stereocenters. The quantitative estimate of drug-likeness (QED) is 0.356. The number of benzene rings is 2. The van der Waals surface area contributed by atoms with Gasteiger partial charge in [-0.05, 0) is 42.0 Å². The van der Waals surface area contributed by atoms with Crippen molar-refractivity contribution in [2.24, 2.45) is 23.7 Å². The predicted molar refractivity (Wildman–Crippen MR) is 106 cm³/mol. The Morgan fingerprint density at radius 3 is 2.25 bits per heavy atom. The summed E-state index contributed by atoms with van der Waals surface area (Å²) in [6, 6.07) is 16.3. The van der Waals surface area contributed by atoms with Gasteiger partial charge in [-0.2, -0.15) is 0 Å². The third kappa shape index (κ3) is 2.56. The first kappa shape index (κ1) is 16.9. The van der Waals surface area contributed by atoms with E-state index in [2.05, 4.69) is 12.2 Å². The Morgan fingerprint density at radius 2 is 1.57 bits per heavy atom. The Labute approximate surface area is 163 Å². The van der Waals surface area contributed by atoms with Gasteiger partial charge in [0.15, 0.2) is 5.78 Å². The molecule has 2 bridgehead atoms. The highest BCUT2D eigenvalue weighted by molar-refractivity contribution is 6.23. The number of carbonyl (C=O) groups excluding carboxylic acids is 3. The van der Waals surface area contributed by atoms with Crippen molar-refractivity contribution >= 4 is 29.4 Å². The third-order valence-electron chi connectivity index (χ3n) is 6.08. The van der Waals surface area contributed by atoms with E-state index in [0.29, 0.717) is 11.3 Å². The molecule has 28 heavy (non-hydrogen) atoms. The van der Waals surface area contributed by atoms with Crippen molar-refractivity contribution in [3.8, 4) is 0 Å². The van der Waals surface area contributed by atoms with Crippen LogP contribution in [0.4, 0.5) is 5.69 Å². The molecule has 2 fully saturated rings. The maximum atomic E-state index is 12.9. The summed E-state index contributed by atoms with van der Waals surface area (Å²) in [7, 11) is 0. The zero-order chi connectivity index (χ0) is 19.3. The van der Waals surface area contributed by atoms with E-state index in [-0.39, 0.29) is 41.3 Å². The first-order valence-electron chi connectivity index (χ1n) is 9.57. The largest absolute Gasteiger partial charge is 0.289 e. The number of hydrogen-bond acceptors (Lipinski definition) is 3. The van der Waals surface area contributed by atoms with Crippen molar-refractivity contribution in [3.05, 3.63) is 84.0 Å². The molecule has 0 aromatic heterocycles. The number of hydrogen-bond donors (Lipinski definition) is 0. The Balaban J connectivity index is 1.39. The summed E-state index contributed by atoms with van der Waals surface area (Å²) in [4.78, 5) is 39.5. The first-order valence-corrected chi connectivity index (χ1v) is 9.57. The number of allylic oxidation sites excluding steroid dienone is 3. The van der Waals surface area contributed by atoms with Crippen LogP contribution in [0.3, 0.4) is 0 Å². The van der Waals surface area contributed by atoms with Crippen LogP contribution in [0.1, 0.15) is 22.3 Å². The molecule has 4 atom stereocenters. The van der Waals surface area contributed by atoms with Gasteiger partial charge >= 0.3 is 0 Å². The molecule has 4 heteroatoms. The maximum absolute atomic E-state index is 12.9. The van der Waals surface area contributed by atoms with Gasteiger partial charge in [-0.3, -0.25) is 14.4 Å². The second-order valence-electron chi connectivity index (χ2n) is 7.67. The van der Waals surface area contributed by atoms with Crippen molar-refractivity contribution in [3.63, 3.8) is 0 Å². The summed E-state index contributed by atoms with van der Waals surface area (Å²) in [5.74, 6) is -0.285. The smallest absolute Gasteiger partial charge is 0.238 e. The summed E-state index contributed by atoms with van der Waals surface area (Å²) in [6.45, 7) is 0. The lowest BCUT2D eigenvalue weighted by Crippen LogP contribution is -2.32. The van der Waals surface area contributed by atoms with Crippen LogP contribution in [0.25, 0.3) is 6.08 Å². The molecule has 138 valence electrons. The van der Waals surface area contributed by atoms with Crippen LogP contribution in [-0.2, 0) is 9.59 Å². The average molecular weight is 369 g/mol. The SMILES string of the molecule is O=C(/C=C\c1cccc(N2C(=O)[C@@H]3[C@@H](C2=O)[C@H]2C=C[C@H]3C2)c1)c1ccccc1. The van der Waals surface area contributed by atoms with Gasteiger partial charge in [0.05, 0.1) is 17.5 Å². The molecule has 1 saturated heterocycles. The van der Waals surface area contributed by atoms with Gasteiger partial charge in [-0.1, -0.05) is 60.7 Å². The van der Waals surface area contributed by atoms with E-state index in [0.717, 1.165) is 12.0 Å². The van der Waals surface area contributed by atoms with Gasteiger partial charge in [-0.15, -0.1) is 0 Å². The monoisotopic (exact) mass is 369 g/mol. The van der Waals surface area contributed by atoms with Gasteiger partial charge in [-0.25, -0.2) is 4.90 Å². The maximum Gasteiger partial charge on any atom is 0.238 e. The molecular formula is C24H19NO3. The Morgan fingerprint density at radius 1 is 0.893 bits per heavy atom. The summed E-state index contributed by atoms with van der Waals surface area (Å²) in [5.41, 5.74) is 1.98. The molecule has 2 aromatic rings. The van der Waals surface area contributed by atoms with Gasteiger partial charge in [0, 0.05) is 5.56 Å². The number of anilines is 1. The number of carbonyl (C=O) groups is 3. The topological polar surface area (TPSA) is 54.5 Å². The molecule has 4 nitrogen and oxygen atoms in total. The molecule has 1 aliphatic heterocycles. The van der Waals surface area contributed by atoms with Crippen molar-refractivity contribution in [2.45, 2.75) is 6.42 Å². The van der Waals surface area contributed by atoms with Crippen LogP contribution in [0, 0.1) is 23.7 Å². The van der Waals surface area contributed by atoms with E-state index in [1.807, 2.05) is 30.3 Å².